The number of nitrogens with one attached hydrogen (secondary N) is 1. The lowest BCUT2D eigenvalue weighted by atomic mass is 10.1. The third-order valence-corrected chi connectivity index (χ3v) is 4.65. The van der Waals surface area contributed by atoms with Crippen LogP contribution in [-0.4, -0.2) is 24.1 Å². The summed E-state index contributed by atoms with van der Waals surface area (Å²) in [7, 11) is 0. The average Bonchev–Trinajstić information content (AvgIpc) is 3.02. The second-order valence-corrected chi connectivity index (χ2v) is 6.86. The molecule has 2 heterocycles. The molecule has 1 unspecified atom stereocenters. The maximum Gasteiger partial charge on any atom is 0.416 e. The van der Waals surface area contributed by atoms with Crippen LogP contribution in [0.4, 0.5) is 23.4 Å². The summed E-state index contributed by atoms with van der Waals surface area (Å²) in [5.74, 6) is -0.0466. The third-order valence-electron chi connectivity index (χ3n) is 4.18. The first kappa shape index (κ1) is 18.1. The molecule has 0 amide bonds. The molecule has 0 aliphatic carbocycles. The normalized spacial score (nSPS) is 18.0. The molecule has 8 heteroatoms. The van der Waals surface area contributed by atoms with E-state index < -0.39 is 17.6 Å². The quantitative estimate of drug-likeness (QED) is 0.748. The number of halogens is 5. The van der Waals surface area contributed by atoms with Gasteiger partial charge >= 0.3 is 6.18 Å². The van der Waals surface area contributed by atoms with Gasteiger partial charge in [0.05, 0.1) is 5.56 Å². The first-order valence-corrected chi connectivity index (χ1v) is 8.58. The number of hydrogen-bond donors (Lipinski definition) is 1. The summed E-state index contributed by atoms with van der Waals surface area (Å²) in [4.78, 5) is 6.41. The van der Waals surface area contributed by atoms with Crippen molar-refractivity contribution in [1.82, 2.24) is 10.3 Å². The van der Waals surface area contributed by atoms with E-state index in [2.05, 4.69) is 31.1 Å². The monoisotopic (exact) mass is 417 g/mol. The molecule has 2 aromatic rings. The lowest BCUT2D eigenvalue weighted by Gasteiger charge is -2.19. The van der Waals surface area contributed by atoms with E-state index in [4.69, 9.17) is 0 Å². The molecule has 1 aromatic carbocycles. The van der Waals surface area contributed by atoms with Crippen LogP contribution in [0.2, 0.25) is 0 Å². The molecule has 0 bridgehead atoms. The Labute approximate surface area is 151 Å². The van der Waals surface area contributed by atoms with E-state index in [0.717, 1.165) is 29.3 Å². The van der Waals surface area contributed by atoms with Crippen molar-refractivity contribution in [3.63, 3.8) is 0 Å². The van der Waals surface area contributed by atoms with Crippen molar-refractivity contribution in [1.29, 1.82) is 0 Å². The summed E-state index contributed by atoms with van der Waals surface area (Å²) in [6.07, 6.45) is -2.05. The molecule has 1 aliphatic heterocycles. The van der Waals surface area contributed by atoms with Crippen LogP contribution in [0, 0.1) is 5.82 Å². The van der Waals surface area contributed by atoms with E-state index in [-0.39, 0.29) is 18.2 Å². The second-order valence-electron chi connectivity index (χ2n) is 5.95. The number of nitrogens with zero attached hydrogens (tertiary/aromatic N) is 2. The highest BCUT2D eigenvalue weighted by Gasteiger charge is 2.34. The summed E-state index contributed by atoms with van der Waals surface area (Å²) in [5.41, 5.74) is -0.876. The number of hydrogen-bond acceptors (Lipinski definition) is 3. The zero-order chi connectivity index (χ0) is 18.0. The fourth-order valence-electron chi connectivity index (χ4n) is 2.91. The molecule has 1 atom stereocenters. The Hall–Kier alpha value is -1.67. The van der Waals surface area contributed by atoms with Crippen LogP contribution in [-0.2, 0) is 12.7 Å². The highest BCUT2D eigenvalue weighted by molar-refractivity contribution is 9.10. The molecular weight excluding hydrogens is 402 g/mol. The van der Waals surface area contributed by atoms with Crippen LogP contribution in [0.3, 0.4) is 0 Å². The van der Waals surface area contributed by atoms with Crippen LogP contribution in [0.5, 0.6) is 0 Å². The molecule has 25 heavy (non-hydrogen) atoms. The number of benzene rings is 1. The van der Waals surface area contributed by atoms with Gasteiger partial charge in [-0.05, 0) is 52.2 Å². The van der Waals surface area contributed by atoms with Crippen molar-refractivity contribution in [3.05, 3.63) is 57.9 Å². The van der Waals surface area contributed by atoms with E-state index in [0.29, 0.717) is 12.6 Å². The number of aromatic nitrogens is 1. The Kier molecular flexibility index (Phi) is 5.29. The van der Waals surface area contributed by atoms with Gasteiger partial charge in [0.15, 0.2) is 0 Å². The van der Waals surface area contributed by atoms with E-state index in [9.17, 15) is 17.6 Å². The number of anilines is 1. The van der Waals surface area contributed by atoms with Gasteiger partial charge in [0.2, 0.25) is 0 Å². The molecule has 1 aliphatic rings. The molecule has 0 spiro atoms. The fourth-order valence-corrected chi connectivity index (χ4v) is 3.15. The lowest BCUT2D eigenvalue weighted by Crippen LogP contribution is -2.33. The molecular formula is C17H16BrF4N3. The van der Waals surface area contributed by atoms with E-state index in [1.807, 2.05) is 12.1 Å². The highest BCUT2D eigenvalue weighted by atomic mass is 79.9. The molecule has 1 N–H and O–H groups in total. The maximum atomic E-state index is 13.1. The minimum absolute atomic E-state index is 0.0431. The van der Waals surface area contributed by atoms with Crippen LogP contribution < -0.4 is 10.2 Å². The molecule has 3 nitrogen and oxygen atoms in total. The third kappa shape index (κ3) is 4.49. The molecule has 1 aromatic heterocycles. The van der Waals surface area contributed by atoms with E-state index >= 15 is 0 Å². The van der Waals surface area contributed by atoms with E-state index in [1.54, 1.807) is 6.20 Å². The molecule has 3 rings (SSSR count). The maximum absolute atomic E-state index is 13.1. The van der Waals surface area contributed by atoms with Crippen LogP contribution >= 0.6 is 15.9 Å². The van der Waals surface area contributed by atoms with Gasteiger partial charge in [-0.3, -0.25) is 0 Å². The Morgan fingerprint density at radius 3 is 2.72 bits per heavy atom. The van der Waals surface area contributed by atoms with Gasteiger partial charge in [-0.1, -0.05) is 6.07 Å². The van der Waals surface area contributed by atoms with Crippen molar-refractivity contribution in [2.45, 2.75) is 25.2 Å². The summed E-state index contributed by atoms with van der Waals surface area (Å²) >= 11 is 3.33. The molecule has 0 saturated carbocycles. The van der Waals surface area contributed by atoms with Gasteiger partial charge in [-0.25, -0.2) is 9.37 Å². The van der Waals surface area contributed by atoms with Gasteiger partial charge in [0.25, 0.3) is 0 Å². The minimum atomic E-state index is -4.57. The van der Waals surface area contributed by atoms with Gasteiger partial charge in [0.1, 0.15) is 11.6 Å². The summed E-state index contributed by atoms with van der Waals surface area (Å²) < 4.78 is 53.1. The van der Waals surface area contributed by atoms with Crippen molar-refractivity contribution in [2.24, 2.45) is 0 Å². The predicted molar refractivity (Wildman–Crippen MR) is 90.8 cm³/mol. The zero-order valence-corrected chi connectivity index (χ0v) is 14.7. The summed E-state index contributed by atoms with van der Waals surface area (Å²) in [5, 5.41) is 3.14. The Bertz CT molecular complexity index is 734. The molecule has 1 fully saturated rings. The van der Waals surface area contributed by atoms with Gasteiger partial charge < -0.3 is 10.2 Å². The number of rotatable bonds is 4. The summed E-state index contributed by atoms with van der Waals surface area (Å²) in [6, 6.07) is 6.64. The molecule has 0 radical (unpaired) electrons. The van der Waals surface area contributed by atoms with Crippen molar-refractivity contribution in [3.8, 4) is 0 Å². The van der Waals surface area contributed by atoms with Gasteiger partial charge in [0, 0.05) is 36.3 Å². The minimum Gasteiger partial charge on any atom is -0.355 e. The van der Waals surface area contributed by atoms with Crippen LogP contribution in [0.25, 0.3) is 0 Å². The predicted octanol–water partition coefficient (Wildman–Crippen LogP) is 4.37. The smallest absolute Gasteiger partial charge is 0.355 e. The average molecular weight is 418 g/mol. The SMILES string of the molecule is Fc1ccc(CNC2CCN(c3ccc(Br)cn3)C2)c(C(F)(F)F)c1. The largest absolute Gasteiger partial charge is 0.416 e. The molecule has 134 valence electrons. The first-order valence-electron chi connectivity index (χ1n) is 7.78. The van der Waals surface area contributed by atoms with Crippen molar-refractivity contribution < 1.29 is 17.6 Å². The standard InChI is InChI=1S/C17H16BrF4N3/c18-12-2-4-16(24-9-12)25-6-5-14(10-25)23-8-11-1-3-13(19)7-15(11)17(20,21)22/h1-4,7,9,14,23H,5-6,8,10H2. The second kappa shape index (κ2) is 7.29. The van der Waals surface area contributed by atoms with Crippen LogP contribution in [0.15, 0.2) is 41.0 Å². The topological polar surface area (TPSA) is 28.2 Å². The highest BCUT2D eigenvalue weighted by Crippen LogP contribution is 2.32. The molecule has 1 saturated heterocycles. The first-order chi connectivity index (χ1) is 11.8. The van der Waals surface area contributed by atoms with Gasteiger partial charge in [-0.15, -0.1) is 0 Å². The van der Waals surface area contributed by atoms with Gasteiger partial charge in [-0.2, -0.15) is 13.2 Å². The Morgan fingerprint density at radius 2 is 2.04 bits per heavy atom. The van der Waals surface area contributed by atoms with Crippen molar-refractivity contribution >= 4 is 21.7 Å². The summed E-state index contributed by atoms with van der Waals surface area (Å²) in [6.45, 7) is 1.49. The van der Waals surface area contributed by atoms with E-state index in [1.165, 1.54) is 6.07 Å². The number of alkyl halides is 3. The Morgan fingerprint density at radius 1 is 1.24 bits per heavy atom. The van der Waals surface area contributed by atoms with Crippen molar-refractivity contribution in [2.75, 3.05) is 18.0 Å². The fraction of sp³-hybridized carbons (Fsp3) is 0.353. The lowest BCUT2D eigenvalue weighted by molar-refractivity contribution is -0.138. The number of pyridine rings is 1. The Balaban J connectivity index is 1.63. The van der Waals surface area contributed by atoms with Crippen LogP contribution in [0.1, 0.15) is 17.5 Å². The zero-order valence-electron chi connectivity index (χ0n) is 13.2.